The highest BCUT2D eigenvalue weighted by Crippen LogP contribution is 2.31. The Labute approximate surface area is 830 Å². The Balaban J connectivity index is 1.55. The number of hydrogen-bond donors (Lipinski definition) is 35. The molecule has 4 aliphatic heterocycles. The number of aliphatic hydroxyl groups is 32. The van der Waals surface area contributed by atoms with Crippen LogP contribution >= 0.6 is 0 Å². The number of carboxylic acids is 3. The zero-order valence-electron chi connectivity index (χ0n) is 78.0. The summed E-state index contributed by atoms with van der Waals surface area (Å²) < 4.78 is 62.5. The fourth-order valence-corrected chi connectivity index (χ4v) is 13.6. The number of carboxylic acid groups (broad SMARTS) is 3. The smallest absolute Gasteiger partial charge is 0.347 e. The molecule has 0 aromatic heterocycles. The van der Waals surface area contributed by atoms with Gasteiger partial charge in [-0.25, -0.2) is 19.2 Å². The molecule has 0 bridgehead atoms. The Kier molecular flexibility index (Phi) is 60.1. The molecule has 0 aromatic rings. The van der Waals surface area contributed by atoms with Gasteiger partial charge in [-0.05, 0) is 0 Å². The van der Waals surface area contributed by atoms with E-state index in [0.29, 0.717) is 24.9 Å². The normalized spacial score (nSPS) is 27.9. The number of amides is 2. The molecular formula is C78H133N9O60. The van der Waals surface area contributed by atoms with Crippen LogP contribution in [0.5, 0.6) is 0 Å². The van der Waals surface area contributed by atoms with E-state index >= 15 is 0 Å². The molecule has 0 aromatic carbocycles. The van der Waals surface area contributed by atoms with Gasteiger partial charge in [-0.1, -0.05) is 20.6 Å². The van der Waals surface area contributed by atoms with Crippen molar-refractivity contribution in [1.82, 2.24) is 24.5 Å². The second-order valence-electron chi connectivity index (χ2n) is 32.8. The third-order valence-corrected chi connectivity index (χ3v) is 21.9. The Morgan fingerprint density at radius 3 is 0.660 bits per heavy atom. The number of nitrogens with zero attached hydrogens (tertiary/aromatic N) is 9. The van der Waals surface area contributed by atoms with Crippen LogP contribution in [0.2, 0.25) is 0 Å². The summed E-state index contributed by atoms with van der Waals surface area (Å²) in [6.07, 6.45) is -71.6. The summed E-state index contributed by atoms with van der Waals surface area (Å²) in [7, 11) is 0. The van der Waals surface area contributed by atoms with Gasteiger partial charge < -0.3 is 265 Å². The maximum absolute atomic E-state index is 14.3. The van der Waals surface area contributed by atoms with E-state index in [1.165, 1.54) is 0 Å². The number of rotatable bonds is 72. The van der Waals surface area contributed by atoms with Crippen LogP contribution < -0.4 is 0 Å². The number of esters is 4. The Morgan fingerprint density at radius 1 is 0.272 bits per heavy atom. The van der Waals surface area contributed by atoms with Crippen LogP contribution in [0.3, 0.4) is 0 Å². The summed E-state index contributed by atoms with van der Waals surface area (Å²) in [6.45, 7) is -26.0. The first-order valence-corrected chi connectivity index (χ1v) is 44.6. The van der Waals surface area contributed by atoms with Crippen LogP contribution in [0.1, 0.15) is 0 Å². The quantitative estimate of drug-likeness (QED) is 0.0116. The van der Waals surface area contributed by atoms with Gasteiger partial charge in [0.15, 0.2) is 25.2 Å². The van der Waals surface area contributed by atoms with Crippen molar-refractivity contribution in [1.29, 1.82) is 0 Å². The van der Waals surface area contributed by atoms with Crippen molar-refractivity contribution in [3.8, 4) is 0 Å². The van der Waals surface area contributed by atoms with E-state index < -0.39 is 465 Å². The number of carbonyl (C=O) groups is 9. The topological polar surface area (TPSA) is 1080 Å². The van der Waals surface area contributed by atoms with Crippen LogP contribution in [0.4, 0.5) is 0 Å². The first-order valence-electron chi connectivity index (χ1n) is 44.6. The molecule has 4 rings (SSSR count). The maximum atomic E-state index is 14.3. The Bertz CT molecular complexity index is 3530. The lowest BCUT2D eigenvalue weighted by atomic mass is 9.98. The molecule has 69 heteroatoms. The van der Waals surface area contributed by atoms with E-state index in [9.17, 15) is 222 Å². The van der Waals surface area contributed by atoms with Gasteiger partial charge in [0.1, 0.15) is 222 Å². The first kappa shape index (κ1) is 131. The lowest BCUT2D eigenvalue weighted by Crippen LogP contribution is -2.61. The van der Waals surface area contributed by atoms with Crippen LogP contribution in [-0.4, -0.2) is 693 Å². The van der Waals surface area contributed by atoms with Crippen LogP contribution in [0, 0.1) is 0 Å². The van der Waals surface area contributed by atoms with E-state index in [1.54, 1.807) is 0 Å². The molecule has 36 atom stereocenters. The summed E-state index contributed by atoms with van der Waals surface area (Å²) in [5.41, 5.74) is 0. The number of ether oxygens (including phenoxy) is 12. The summed E-state index contributed by atoms with van der Waals surface area (Å²) in [4.78, 5) is 142. The highest BCUT2D eigenvalue weighted by molar-refractivity contribution is 5.81. The lowest BCUT2D eigenvalue weighted by Gasteiger charge is -2.42. The minimum absolute atomic E-state index is 0.422. The predicted molar refractivity (Wildman–Crippen MR) is 462 cm³/mol. The number of aliphatic hydroxyl groups excluding tert-OH is 32. The molecule has 35 N–H and O–H groups in total. The van der Waals surface area contributed by atoms with Gasteiger partial charge in [0.25, 0.3) is 0 Å². The minimum Gasteiger partial charge on any atom is -0.480 e. The molecule has 0 unspecified atom stereocenters. The van der Waals surface area contributed by atoms with Gasteiger partial charge >= 0.3 is 41.8 Å². The average molecular weight is 2160 g/mol. The number of aliphatic carboxylic acids is 3. The van der Waals surface area contributed by atoms with Crippen molar-refractivity contribution >= 4 is 78.5 Å². The molecule has 0 saturated carbocycles. The molecule has 69 nitrogen and oxygen atoms in total. The van der Waals surface area contributed by atoms with Gasteiger partial charge in [-0.3, -0.25) is 38.7 Å². The summed E-state index contributed by atoms with van der Waals surface area (Å²) in [5, 5.41) is 371. The largest absolute Gasteiger partial charge is 0.480 e. The highest BCUT2D eigenvalue weighted by atomic mass is 16.8. The second kappa shape index (κ2) is 67.6. The molecular weight excluding hydrogens is 2020 g/mol. The monoisotopic (exact) mass is 2160 g/mol. The van der Waals surface area contributed by atoms with Crippen molar-refractivity contribution in [2.75, 3.05) is 191 Å². The standard InChI is InChI=1S/C78H133N9O60/c88-22-38(100)71(144-75-67(128)63(124)59(120)42(26-92)140-75)55(116)34(96)13-79-136-30-51(112)132-9-5-86(6-10-133-52(113)31-137-80-14-35(97)56(117)72(39(101)23-89)145-76-68(129)64(125)60(121)43(27-93)141-76)46(104)17-84(20-49(108)109)3-1-83(19-48(106)107)2-4-85(21-50(110)111)18-47(105)87(7-11-134-53(114)32-138-81-15-36(98)57(118)73(40(102)24-90)146-77-69(130)65(126)61(122)44(28-94)142-77)8-12-135-54(115)33-139-82-16-37(99)58(119)74(41(103)25-91)147-78-70(131)66(127)62(123)45(29-95)143-78/h13-16,34-45,55-78,88-103,116-131H,1-12,17-33H2,(H,106,107)(H,108,109)(H,110,111)/b79-13-,80-14+,81-15+,82-16+/t34-,35-,36-,37-,38+,39+,40+,41+,42-,43-,44-,45-,55+,56+,57+,58+,59-,60-,61-,62-,63+,64+,65+,66+,67-,68-,69-,70-,71+,72+,73+,74+,75+,76+,77+,78+/m1/s1. The third-order valence-electron chi connectivity index (χ3n) is 21.9. The summed E-state index contributed by atoms with van der Waals surface area (Å²) >= 11 is 0. The molecule has 0 radical (unpaired) electrons. The summed E-state index contributed by atoms with van der Waals surface area (Å²) in [5.74, 6) is -12.2. The maximum Gasteiger partial charge on any atom is 0.347 e. The van der Waals surface area contributed by atoms with E-state index in [1.807, 2.05) is 0 Å². The Morgan fingerprint density at radius 2 is 0.469 bits per heavy atom. The van der Waals surface area contributed by atoms with Crippen molar-refractivity contribution in [3.63, 3.8) is 0 Å². The van der Waals surface area contributed by atoms with Crippen molar-refractivity contribution < 1.29 is 298 Å². The number of hydrogen-bond acceptors (Lipinski definition) is 64. The van der Waals surface area contributed by atoms with E-state index in [-0.39, 0.29) is 0 Å². The minimum atomic E-state index is -2.31. The summed E-state index contributed by atoms with van der Waals surface area (Å²) in [6, 6.07) is 0. The molecule has 4 fully saturated rings. The van der Waals surface area contributed by atoms with Crippen molar-refractivity contribution in [2.24, 2.45) is 20.6 Å². The van der Waals surface area contributed by atoms with Crippen LogP contribution in [-0.2, 0) is 119 Å². The number of carbonyl (C=O) groups excluding carboxylic acids is 6. The molecule has 2 amide bonds. The lowest BCUT2D eigenvalue weighted by molar-refractivity contribution is -0.326. The number of oxime groups is 4. The molecule has 0 spiro atoms. The zero-order chi connectivity index (χ0) is 110. The molecule has 4 aliphatic rings. The fourth-order valence-electron chi connectivity index (χ4n) is 13.6. The fraction of sp³-hybridized carbons (Fsp3) is 0.833. The van der Waals surface area contributed by atoms with Gasteiger partial charge in [0.2, 0.25) is 38.2 Å². The van der Waals surface area contributed by atoms with E-state index in [0.717, 1.165) is 24.5 Å². The molecule has 4 saturated heterocycles. The van der Waals surface area contributed by atoms with Crippen LogP contribution in [0.25, 0.3) is 0 Å². The van der Waals surface area contributed by atoms with Crippen LogP contribution in [0.15, 0.2) is 20.6 Å². The van der Waals surface area contributed by atoms with Gasteiger partial charge in [0, 0.05) is 26.2 Å². The molecule has 0 aliphatic carbocycles. The van der Waals surface area contributed by atoms with E-state index in [2.05, 4.69) is 20.6 Å². The van der Waals surface area contributed by atoms with Crippen molar-refractivity contribution in [2.45, 2.75) is 220 Å². The Hall–Kier alpha value is -8.61. The van der Waals surface area contributed by atoms with E-state index in [4.69, 9.17) is 76.2 Å². The SMILES string of the molecule is O=C(O)CN(CCN(CC(=O)O)CC(=O)N(CCOC(=O)CO/N=C\[C@@H](O)[C@H](O)[C@@H](O[C@@H]1O[C@H](CO)[C@@H](O)[C@H](O)[C@H]1O)[C@@H](O)CO)CCOC(=O)CO/N=C/[C@@H](O)[C@H](O)[C@@H](O[C@@H]1O[C@H](CO)[C@@H](O)[C@H](O)[C@H]1O)[C@@H](O)CO)CCN(CC(=O)O)CC(=O)N(CCOC(=O)CO/N=C/[C@@H](O)[C@H](O)[C@@H](O[C@@H]1O[C@H](CO)[C@@H](O)[C@H](O)[C@H]1O)[C@@H](O)CO)CCOC(=O)CO/N=C/[C@@H](O)[C@H](O)[C@@H](O[C@@H]1O[C@H](CO)[C@@H](O)[C@H](O)[C@H]1O)[C@@H](O)CO. The third kappa shape index (κ3) is 43.2. The average Bonchev–Trinajstić information content (AvgIpc) is 0.814. The van der Waals surface area contributed by atoms with Gasteiger partial charge in [-0.2, -0.15) is 0 Å². The molecule has 147 heavy (non-hydrogen) atoms. The predicted octanol–water partition coefficient (Wildman–Crippen LogP) is -26.0. The van der Waals surface area contributed by atoms with Crippen molar-refractivity contribution in [3.05, 3.63) is 0 Å². The van der Waals surface area contributed by atoms with Gasteiger partial charge in [0.05, 0.1) is 137 Å². The molecule has 850 valence electrons. The molecule has 4 heterocycles. The zero-order valence-corrected chi connectivity index (χ0v) is 78.0. The highest BCUT2D eigenvalue weighted by Gasteiger charge is 2.52. The van der Waals surface area contributed by atoms with Gasteiger partial charge in [-0.15, -0.1) is 0 Å². The second-order valence-corrected chi connectivity index (χ2v) is 32.8. The first-order chi connectivity index (χ1) is 69.5.